The molecular formula is C24H31N3O5. The Kier molecular flexibility index (Phi) is 7.42. The summed E-state index contributed by atoms with van der Waals surface area (Å²) in [5.41, 5.74) is 0.328. The number of hydrogen-bond donors (Lipinski definition) is 0. The van der Waals surface area contributed by atoms with Gasteiger partial charge in [0.15, 0.2) is 5.69 Å². The minimum Gasteiger partial charge on any atom is -0.490 e. The van der Waals surface area contributed by atoms with E-state index in [0.717, 1.165) is 24.4 Å². The second kappa shape index (κ2) is 10.6. The lowest BCUT2D eigenvalue weighted by atomic mass is 9.90. The number of aryl methyl sites for hydroxylation is 1. The fraction of sp³-hybridized carbons (Fsp3) is 0.542. The zero-order valence-corrected chi connectivity index (χ0v) is 18.6. The summed E-state index contributed by atoms with van der Waals surface area (Å²) >= 11 is 0. The molecule has 2 fully saturated rings. The molecule has 3 heterocycles. The molecule has 0 bridgehead atoms. The van der Waals surface area contributed by atoms with E-state index >= 15 is 0 Å². The maximum Gasteiger partial charge on any atom is 0.276 e. The van der Waals surface area contributed by atoms with E-state index in [2.05, 4.69) is 12.1 Å². The summed E-state index contributed by atoms with van der Waals surface area (Å²) in [7, 11) is 0. The van der Waals surface area contributed by atoms with Crippen molar-refractivity contribution in [3.8, 4) is 5.75 Å². The quantitative estimate of drug-likeness (QED) is 0.657. The molecule has 8 nitrogen and oxygen atoms in total. The van der Waals surface area contributed by atoms with Crippen LogP contribution in [0, 0.1) is 5.92 Å². The van der Waals surface area contributed by atoms with Crippen LogP contribution in [0.1, 0.15) is 42.4 Å². The van der Waals surface area contributed by atoms with Crippen molar-refractivity contribution in [2.24, 2.45) is 5.92 Å². The van der Waals surface area contributed by atoms with Crippen molar-refractivity contribution >= 4 is 11.8 Å². The topological polar surface area (TPSA) is 85.1 Å². The highest BCUT2D eigenvalue weighted by Gasteiger charge is 2.36. The number of nitrogens with zero attached hydrogens (tertiary/aromatic N) is 3. The van der Waals surface area contributed by atoms with Crippen LogP contribution in [0.2, 0.25) is 0 Å². The van der Waals surface area contributed by atoms with Crippen LogP contribution in [0.15, 0.2) is 40.9 Å². The number of morpholine rings is 1. The Labute approximate surface area is 188 Å². The SMILES string of the molecule is CCCc1cc(C(=O)N2CC[C@H](Oc3ccccc3)[C@@H](CC(=O)N3CCOCC3)C2)no1. The van der Waals surface area contributed by atoms with Crippen molar-refractivity contribution < 1.29 is 23.6 Å². The first-order valence-electron chi connectivity index (χ1n) is 11.5. The van der Waals surface area contributed by atoms with E-state index in [-0.39, 0.29) is 23.8 Å². The summed E-state index contributed by atoms with van der Waals surface area (Å²) in [5.74, 6) is 1.32. The first-order valence-corrected chi connectivity index (χ1v) is 11.5. The predicted octanol–water partition coefficient (Wildman–Crippen LogP) is 2.79. The molecule has 0 spiro atoms. The average molecular weight is 442 g/mol. The van der Waals surface area contributed by atoms with E-state index in [1.807, 2.05) is 35.2 Å². The Bertz CT molecular complexity index is 894. The zero-order valence-electron chi connectivity index (χ0n) is 18.6. The molecule has 2 saturated heterocycles. The second-order valence-electron chi connectivity index (χ2n) is 8.40. The zero-order chi connectivity index (χ0) is 22.3. The Balaban J connectivity index is 1.46. The number of carbonyl (C=O) groups excluding carboxylic acids is 2. The van der Waals surface area contributed by atoms with Crippen LogP contribution >= 0.6 is 0 Å². The van der Waals surface area contributed by atoms with Gasteiger partial charge in [0.1, 0.15) is 17.6 Å². The molecule has 2 aromatic rings. The number of carbonyl (C=O) groups is 2. The van der Waals surface area contributed by atoms with Gasteiger partial charge in [0.2, 0.25) is 5.91 Å². The van der Waals surface area contributed by atoms with Gasteiger partial charge >= 0.3 is 0 Å². The Morgan fingerprint density at radius 2 is 1.91 bits per heavy atom. The molecule has 1 aromatic carbocycles. The fourth-order valence-corrected chi connectivity index (χ4v) is 4.33. The molecule has 0 saturated carbocycles. The van der Waals surface area contributed by atoms with Crippen LogP contribution in [0.5, 0.6) is 5.75 Å². The van der Waals surface area contributed by atoms with E-state index in [0.29, 0.717) is 57.9 Å². The van der Waals surface area contributed by atoms with Crippen LogP contribution < -0.4 is 4.74 Å². The van der Waals surface area contributed by atoms with Crippen molar-refractivity contribution in [1.82, 2.24) is 15.0 Å². The van der Waals surface area contributed by atoms with Gasteiger partial charge in [0.05, 0.1) is 13.2 Å². The third-order valence-corrected chi connectivity index (χ3v) is 6.06. The molecule has 32 heavy (non-hydrogen) atoms. The van der Waals surface area contributed by atoms with E-state index in [1.165, 1.54) is 0 Å². The molecule has 2 aliphatic rings. The van der Waals surface area contributed by atoms with Crippen LogP contribution in [-0.4, -0.2) is 72.3 Å². The van der Waals surface area contributed by atoms with Gasteiger partial charge in [-0.3, -0.25) is 9.59 Å². The second-order valence-corrected chi connectivity index (χ2v) is 8.40. The molecule has 2 atom stereocenters. The minimum atomic E-state index is -0.155. The first-order chi connectivity index (χ1) is 15.6. The molecule has 4 rings (SSSR count). The Morgan fingerprint density at radius 3 is 2.66 bits per heavy atom. The van der Waals surface area contributed by atoms with Crippen molar-refractivity contribution in [2.45, 2.75) is 38.7 Å². The van der Waals surface area contributed by atoms with Crippen molar-refractivity contribution in [2.75, 3.05) is 39.4 Å². The summed E-state index contributed by atoms with van der Waals surface area (Å²) in [5, 5.41) is 3.97. The monoisotopic (exact) mass is 441 g/mol. The normalized spacial score (nSPS) is 21.4. The summed E-state index contributed by atoms with van der Waals surface area (Å²) in [6, 6.07) is 11.4. The Morgan fingerprint density at radius 1 is 1.12 bits per heavy atom. The maximum atomic E-state index is 13.1. The molecule has 172 valence electrons. The van der Waals surface area contributed by atoms with Crippen molar-refractivity contribution in [3.63, 3.8) is 0 Å². The summed E-state index contributed by atoms with van der Waals surface area (Å²) in [6.45, 7) is 5.40. The summed E-state index contributed by atoms with van der Waals surface area (Å²) < 4.78 is 16.9. The van der Waals surface area contributed by atoms with Crippen LogP contribution in [-0.2, 0) is 16.0 Å². The smallest absolute Gasteiger partial charge is 0.276 e. The van der Waals surface area contributed by atoms with Gasteiger partial charge in [-0.25, -0.2) is 0 Å². The van der Waals surface area contributed by atoms with Gasteiger partial charge in [-0.1, -0.05) is 30.3 Å². The van der Waals surface area contributed by atoms with Crippen LogP contribution in [0.4, 0.5) is 0 Å². The maximum absolute atomic E-state index is 13.1. The Hall–Kier alpha value is -2.87. The van der Waals surface area contributed by atoms with Crippen LogP contribution in [0.3, 0.4) is 0 Å². The lowest BCUT2D eigenvalue weighted by Crippen LogP contribution is -2.50. The van der Waals surface area contributed by atoms with Gasteiger partial charge in [-0.15, -0.1) is 0 Å². The lowest BCUT2D eigenvalue weighted by molar-refractivity contribution is -0.137. The third-order valence-electron chi connectivity index (χ3n) is 6.06. The van der Waals surface area contributed by atoms with E-state index in [1.54, 1.807) is 11.0 Å². The molecule has 8 heteroatoms. The third kappa shape index (κ3) is 5.48. The molecular weight excluding hydrogens is 410 g/mol. The molecule has 0 unspecified atom stereocenters. The minimum absolute atomic E-state index is 0.0842. The number of benzene rings is 1. The highest BCUT2D eigenvalue weighted by molar-refractivity contribution is 5.92. The lowest BCUT2D eigenvalue weighted by Gasteiger charge is -2.39. The number of likely N-dealkylation sites (tertiary alicyclic amines) is 1. The fourth-order valence-electron chi connectivity index (χ4n) is 4.33. The van der Waals surface area contributed by atoms with Gasteiger partial charge in [0, 0.05) is 57.4 Å². The van der Waals surface area contributed by atoms with E-state index in [4.69, 9.17) is 14.0 Å². The summed E-state index contributed by atoms with van der Waals surface area (Å²) in [6.07, 6.45) is 2.53. The van der Waals surface area contributed by atoms with Gasteiger partial charge < -0.3 is 23.8 Å². The number of rotatable bonds is 7. The number of hydrogen-bond acceptors (Lipinski definition) is 6. The molecule has 0 radical (unpaired) electrons. The molecule has 0 aliphatic carbocycles. The number of aromatic nitrogens is 1. The first kappa shape index (κ1) is 22.3. The van der Waals surface area contributed by atoms with E-state index < -0.39 is 0 Å². The summed E-state index contributed by atoms with van der Waals surface area (Å²) in [4.78, 5) is 29.7. The number of para-hydroxylation sites is 1. The molecule has 2 amide bonds. The average Bonchev–Trinajstić information content (AvgIpc) is 3.30. The van der Waals surface area contributed by atoms with Gasteiger partial charge in [0.25, 0.3) is 5.91 Å². The van der Waals surface area contributed by atoms with Crippen molar-refractivity contribution in [1.29, 1.82) is 0 Å². The number of ether oxygens (including phenoxy) is 2. The van der Waals surface area contributed by atoms with Crippen molar-refractivity contribution in [3.05, 3.63) is 47.9 Å². The molecule has 1 aromatic heterocycles. The molecule has 0 N–H and O–H groups in total. The highest BCUT2D eigenvalue weighted by Crippen LogP contribution is 2.27. The number of amides is 2. The molecule has 2 aliphatic heterocycles. The number of piperidine rings is 1. The predicted molar refractivity (Wildman–Crippen MR) is 117 cm³/mol. The largest absolute Gasteiger partial charge is 0.490 e. The van der Waals surface area contributed by atoms with Gasteiger partial charge in [-0.2, -0.15) is 0 Å². The van der Waals surface area contributed by atoms with Gasteiger partial charge in [-0.05, 0) is 18.6 Å². The van der Waals surface area contributed by atoms with E-state index in [9.17, 15) is 9.59 Å². The standard InChI is InChI=1S/C24H31N3O5/c1-2-6-20-16-21(25-32-20)24(29)27-10-9-22(31-19-7-4-3-5-8-19)18(17-27)15-23(28)26-11-13-30-14-12-26/h3-5,7-8,16,18,22H,2,6,9-15,17H2,1H3/t18-,22-/m0/s1. The highest BCUT2D eigenvalue weighted by atomic mass is 16.5. The van der Waals surface area contributed by atoms with Crippen LogP contribution in [0.25, 0.3) is 0 Å².